The number of amides is 1. The highest BCUT2D eigenvalue weighted by molar-refractivity contribution is 8.00. The van der Waals surface area contributed by atoms with Gasteiger partial charge in [-0.1, -0.05) is 36.4 Å². The molecule has 1 fully saturated rings. The fourth-order valence-corrected chi connectivity index (χ4v) is 4.55. The Morgan fingerprint density at radius 1 is 1.04 bits per heavy atom. The lowest BCUT2D eigenvalue weighted by atomic mass is 9.96. The van der Waals surface area contributed by atoms with E-state index in [-0.39, 0.29) is 29.7 Å². The largest absolute Gasteiger partial charge is 0.455 e. The Morgan fingerprint density at radius 3 is 2.61 bits per heavy atom. The van der Waals surface area contributed by atoms with Crippen molar-refractivity contribution in [1.29, 1.82) is 0 Å². The van der Waals surface area contributed by atoms with E-state index < -0.39 is 0 Å². The van der Waals surface area contributed by atoms with E-state index in [9.17, 15) is 9.59 Å². The first kappa shape index (κ1) is 19.1. The predicted molar refractivity (Wildman–Crippen MR) is 111 cm³/mol. The third kappa shape index (κ3) is 4.58. The molecule has 2 aromatic carbocycles. The average Bonchev–Trinajstić information content (AvgIpc) is 3.38. The van der Waals surface area contributed by atoms with E-state index in [4.69, 9.17) is 4.74 Å². The minimum atomic E-state index is -0.357. The zero-order valence-electron chi connectivity index (χ0n) is 15.9. The minimum absolute atomic E-state index is 0.0599. The number of hydrogen-bond donors (Lipinski definition) is 1. The fraction of sp³-hybridized carbons (Fsp3) is 0.391. The third-order valence-corrected chi connectivity index (χ3v) is 6.62. The molecule has 0 radical (unpaired) electrons. The molecule has 0 aromatic heterocycles. The van der Waals surface area contributed by atoms with E-state index in [0.717, 1.165) is 30.6 Å². The van der Waals surface area contributed by atoms with Gasteiger partial charge in [-0.25, -0.2) is 0 Å². The number of rotatable bonds is 8. The van der Waals surface area contributed by atoms with Gasteiger partial charge in [0.05, 0.1) is 5.75 Å². The number of benzene rings is 2. The number of thioether (sulfide) groups is 1. The maximum atomic E-state index is 12.1. The van der Waals surface area contributed by atoms with Crippen molar-refractivity contribution in [1.82, 2.24) is 5.32 Å². The van der Waals surface area contributed by atoms with Crippen LogP contribution in [-0.4, -0.2) is 30.8 Å². The second-order valence-electron chi connectivity index (χ2n) is 7.66. The molecule has 146 valence electrons. The van der Waals surface area contributed by atoms with Crippen LogP contribution in [0.1, 0.15) is 36.0 Å². The summed E-state index contributed by atoms with van der Waals surface area (Å²) in [6.45, 7) is 0.381. The van der Waals surface area contributed by atoms with Crippen LogP contribution in [-0.2, 0) is 32.6 Å². The van der Waals surface area contributed by atoms with Crippen LogP contribution in [0.2, 0.25) is 0 Å². The van der Waals surface area contributed by atoms with Crippen molar-refractivity contribution in [2.75, 3.05) is 18.9 Å². The zero-order chi connectivity index (χ0) is 19.4. The summed E-state index contributed by atoms with van der Waals surface area (Å²) in [5, 5.41) is 2.92. The van der Waals surface area contributed by atoms with Crippen LogP contribution in [0.3, 0.4) is 0 Å². The summed E-state index contributed by atoms with van der Waals surface area (Å²) in [6, 6.07) is 16.7. The molecular formula is C23H25NO3S. The molecule has 2 aromatic rings. The number of carbonyl (C=O) groups is 2. The Labute approximate surface area is 170 Å². The van der Waals surface area contributed by atoms with Crippen LogP contribution in [0.15, 0.2) is 53.4 Å². The van der Waals surface area contributed by atoms with Crippen LogP contribution >= 0.6 is 11.8 Å². The van der Waals surface area contributed by atoms with Gasteiger partial charge in [0.2, 0.25) is 0 Å². The molecule has 1 N–H and O–H groups in total. The molecule has 28 heavy (non-hydrogen) atoms. The van der Waals surface area contributed by atoms with Crippen molar-refractivity contribution in [2.24, 2.45) is 0 Å². The molecule has 0 aliphatic heterocycles. The fourth-order valence-electron chi connectivity index (χ4n) is 3.80. The number of aryl methyl sites for hydroxylation is 2. The molecule has 0 unspecified atom stereocenters. The summed E-state index contributed by atoms with van der Waals surface area (Å²) in [4.78, 5) is 25.1. The molecule has 0 atom stereocenters. The number of fused-ring (bicyclic) bond motifs is 1. The minimum Gasteiger partial charge on any atom is -0.455 e. The first-order valence-corrected chi connectivity index (χ1v) is 10.9. The van der Waals surface area contributed by atoms with Crippen LogP contribution in [0, 0.1) is 0 Å². The van der Waals surface area contributed by atoms with Crippen molar-refractivity contribution in [3.8, 4) is 0 Å². The highest BCUT2D eigenvalue weighted by Gasteiger charge is 2.44. The van der Waals surface area contributed by atoms with E-state index in [1.165, 1.54) is 34.9 Å². The van der Waals surface area contributed by atoms with Gasteiger partial charge >= 0.3 is 5.97 Å². The third-order valence-electron chi connectivity index (χ3n) is 5.65. The average molecular weight is 396 g/mol. The monoisotopic (exact) mass is 395 g/mol. The second-order valence-corrected chi connectivity index (χ2v) is 8.71. The Kier molecular flexibility index (Phi) is 5.72. The van der Waals surface area contributed by atoms with Gasteiger partial charge in [0.15, 0.2) is 6.61 Å². The molecule has 1 saturated carbocycles. The van der Waals surface area contributed by atoms with Crippen molar-refractivity contribution < 1.29 is 14.3 Å². The summed E-state index contributed by atoms with van der Waals surface area (Å²) >= 11 is 1.46. The summed E-state index contributed by atoms with van der Waals surface area (Å²) in [5.41, 5.74) is 4.14. The van der Waals surface area contributed by atoms with Gasteiger partial charge in [0, 0.05) is 16.9 Å². The summed E-state index contributed by atoms with van der Waals surface area (Å²) in [7, 11) is 0. The molecule has 4 rings (SSSR count). The van der Waals surface area contributed by atoms with Crippen LogP contribution in [0.25, 0.3) is 0 Å². The maximum absolute atomic E-state index is 12.1. The zero-order valence-corrected chi connectivity index (χ0v) is 16.7. The van der Waals surface area contributed by atoms with Crippen LogP contribution in [0.4, 0.5) is 0 Å². The van der Waals surface area contributed by atoms with E-state index in [0.29, 0.717) is 6.54 Å². The van der Waals surface area contributed by atoms with Gasteiger partial charge in [0.1, 0.15) is 0 Å². The SMILES string of the molecule is O=C(COC(=O)CSc1ccc2c(c1)CCC2)NCC1(c2ccccc2)CC1. The van der Waals surface area contributed by atoms with Gasteiger partial charge < -0.3 is 10.1 Å². The van der Waals surface area contributed by atoms with Gasteiger partial charge in [-0.2, -0.15) is 0 Å². The van der Waals surface area contributed by atoms with Crippen molar-refractivity contribution >= 4 is 23.6 Å². The molecule has 0 bridgehead atoms. The molecule has 2 aliphatic carbocycles. The number of ether oxygens (including phenoxy) is 1. The van der Waals surface area contributed by atoms with Gasteiger partial charge in [-0.3, -0.25) is 9.59 Å². The Morgan fingerprint density at radius 2 is 1.82 bits per heavy atom. The molecule has 1 amide bonds. The highest BCUT2D eigenvalue weighted by atomic mass is 32.2. The predicted octanol–water partition coefficient (Wildman–Crippen LogP) is 3.66. The first-order valence-electron chi connectivity index (χ1n) is 9.87. The molecule has 4 nitrogen and oxygen atoms in total. The molecule has 2 aliphatic rings. The van der Waals surface area contributed by atoms with Crippen molar-refractivity contribution in [3.63, 3.8) is 0 Å². The highest BCUT2D eigenvalue weighted by Crippen LogP contribution is 2.47. The van der Waals surface area contributed by atoms with Crippen LogP contribution < -0.4 is 5.32 Å². The summed E-state index contributed by atoms with van der Waals surface area (Å²) in [6.07, 6.45) is 5.65. The molecular weight excluding hydrogens is 370 g/mol. The molecule has 0 saturated heterocycles. The molecule has 5 heteroatoms. The van der Waals surface area contributed by atoms with Crippen molar-refractivity contribution in [3.05, 3.63) is 65.2 Å². The second kappa shape index (κ2) is 8.39. The topological polar surface area (TPSA) is 55.4 Å². The maximum Gasteiger partial charge on any atom is 0.316 e. The Bertz CT molecular complexity index is 861. The van der Waals surface area contributed by atoms with Gasteiger partial charge in [0.25, 0.3) is 5.91 Å². The summed E-state index contributed by atoms with van der Waals surface area (Å²) in [5.74, 6) is -0.372. The number of carbonyl (C=O) groups excluding carboxylic acids is 2. The van der Waals surface area contributed by atoms with Crippen LogP contribution in [0.5, 0.6) is 0 Å². The summed E-state index contributed by atoms with van der Waals surface area (Å²) < 4.78 is 5.14. The van der Waals surface area contributed by atoms with Gasteiger partial charge in [-0.05, 0) is 60.9 Å². The first-order chi connectivity index (χ1) is 13.6. The Balaban J connectivity index is 1.17. The quantitative estimate of drug-likeness (QED) is 0.547. The van der Waals surface area contributed by atoms with E-state index >= 15 is 0 Å². The lowest BCUT2D eigenvalue weighted by Crippen LogP contribution is -2.35. The number of nitrogens with one attached hydrogen (secondary N) is 1. The number of esters is 1. The normalized spacial score (nSPS) is 16.3. The molecule has 0 heterocycles. The lowest BCUT2D eigenvalue weighted by Gasteiger charge is -2.16. The Hall–Kier alpha value is -2.27. The van der Waals surface area contributed by atoms with E-state index in [2.05, 4.69) is 35.6 Å². The van der Waals surface area contributed by atoms with E-state index in [1.807, 2.05) is 18.2 Å². The number of hydrogen-bond acceptors (Lipinski definition) is 4. The smallest absolute Gasteiger partial charge is 0.316 e. The van der Waals surface area contributed by atoms with E-state index in [1.54, 1.807) is 0 Å². The lowest BCUT2D eigenvalue weighted by molar-refractivity contribution is -0.145. The van der Waals surface area contributed by atoms with Gasteiger partial charge in [-0.15, -0.1) is 11.8 Å². The molecule has 0 spiro atoms. The van der Waals surface area contributed by atoms with Crippen molar-refractivity contribution in [2.45, 2.75) is 42.4 Å². The standard InChI is InChI=1S/C23H25NO3S/c25-21(24-16-23(11-12-23)19-7-2-1-3-8-19)14-27-22(26)15-28-20-10-9-17-5-4-6-18(17)13-20/h1-3,7-10,13H,4-6,11-12,14-16H2,(H,24,25).